The molecule has 0 spiro atoms. The number of piperidine rings is 1. The summed E-state index contributed by atoms with van der Waals surface area (Å²) in [5.74, 6) is 1.44. The van der Waals surface area contributed by atoms with Crippen molar-refractivity contribution >= 4 is 11.9 Å². The van der Waals surface area contributed by atoms with Gasteiger partial charge in [-0.3, -0.25) is 4.79 Å². The van der Waals surface area contributed by atoms with Gasteiger partial charge in [0.15, 0.2) is 0 Å². The quantitative estimate of drug-likeness (QED) is 0.722. The molecule has 1 aliphatic rings. The zero-order valence-corrected chi connectivity index (χ0v) is 16.0. The molecule has 2 heterocycles. The molecule has 1 aliphatic heterocycles. The second-order valence-electron chi connectivity index (χ2n) is 6.80. The topological polar surface area (TPSA) is 67.3 Å². The van der Waals surface area contributed by atoms with E-state index in [9.17, 15) is 4.79 Å². The molecule has 0 radical (unpaired) electrons. The number of aromatic nitrogens is 2. The van der Waals surface area contributed by atoms with E-state index in [1.54, 1.807) is 18.3 Å². The van der Waals surface area contributed by atoms with Crippen LogP contribution in [0.3, 0.4) is 0 Å². The summed E-state index contributed by atoms with van der Waals surface area (Å²) < 4.78 is 5.63. The van der Waals surface area contributed by atoms with Crippen molar-refractivity contribution in [2.75, 3.05) is 24.6 Å². The molecule has 3 rings (SSSR count). The average molecular weight is 368 g/mol. The number of nitrogens with zero attached hydrogens (tertiary/aromatic N) is 3. The predicted octanol–water partition coefficient (Wildman–Crippen LogP) is 3.58. The Bertz CT molecular complexity index is 727. The number of ether oxygens (including phenoxy) is 1. The Balaban J connectivity index is 1.52. The van der Waals surface area contributed by atoms with Gasteiger partial charge < -0.3 is 15.0 Å². The van der Waals surface area contributed by atoms with E-state index >= 15 is 0 Å². The lowest BCUT2D eigenvalue weighted by atomic mass is 10.1. The molecule has 144 valence electrons. The van der Waals surface area contributed by atoms with E-state index in [0.29, 0.717) is 18.7 Å². The molecular weight excluding hydrogens is 340 g/mol. The van der Waals surface area contributed by atoms with Crippen molar-refractivity contribution < 1.29 is 9.53 Å². The Morgan fingerprint density at radius 3 is 2.67 bits per heavy atom. The number of carbonyl (C=O) groups excluding carboxylic acids is 1. The molecule has 2 aromatic rings. The number of rotatable bonds is 8. The molecular formula is C21H28N4O2. The number of amides is 1. The van der Waals surface area contributed by atoms with Gasteiger partial charge in [-0.05, 0) is 56.0 Å². The van der Waals surface area contributed by atoms with E-state index in [2.05, 4.69) is 27.1 Å². The molecule has 1 amide bonds. The van der Waals surface area contributed by atoms with Crippen LogP contribution in [0.4, 0.5) is 5.95 Å². The first-order valence-electron chi connectivity index (χ1n) is 9.84. The summed E-state index contributed by atoms with van der Waals surface area (Å²) in [6, 6.07) is 9.09. The van der Waals surface area contributed by atoms with Crippen molar-refractivity contribution in [1.29, 1.82) is 0 Å². The van der Waals surface area contributed by atoms with Gasteiger partial charge in [-0.25, -0.2) is 9.97 Å². The lowest BCUT2D eigenvalue weighted by molar-refractivity contribution is 0.0950. The summed E-state index contributed by atoms with van der Waals surface area (Å²) in [6.45, 7) is 5.22. The normalized spacial score (nSPS) is 14.0. The molecule has 0 atom stereocenters. The highest BCUT2D eigenvalue weighted by Gasteiger charge is 2.14. The van der Waals surface area contributed by atoms with Crippen molar-refractivity contribution in [2.24, 2.45) is 0 Å². The third kappa shape index (κ3) is 5.67. The average Bonchev–Trinajstić information content (AvgIpc) is 2.73. The highest BCUT2D eigenvalue weighted by molar-refractivity contribution is 5.94. The molecule has 0 saturated carbocycles. The second kappa shape index (κ2) is 9.90. The van der Waals surface area contributed by atoms with Gasteiger partial charge in [-0.1, -0.05) is 13.3 Å². The minimum Gasteiger partial charge on any atom is -0.494 e. The molecule has 1 aromatic heterocycles. The maximum absolute atomic E-state index is 12.4. The van der Waals surface area contributed by atoms with Crippen LogP contribution in [0.5, 0.6) is 5.75 Å². The van der Waals surface area contributed by atoms with E-state index in [0.717, 1.165) is 43.3 Å². The smallest absolute Gasteiger partial charge is 0.251 e. The lowest BCUT2D eigenvalue weighted by Crippen LogP contribution is -2.31. The summed E-state index contributed by atoms with van der Waals surface area (Å²) in [5, 5.41) is 2.93. The summed E-state index contributed by atoms with van der Waals surface area (Å²) in [7, 11) is 0. The van der Waals surface area contributed by atoms with Gasteiger partial charge in [0.1, 0.15) is 5.75 Å². The van der Waals surface area contributed by atoms with Gasteiger partial charge in [0.25, 0.3) is 5.91 Å². The highest BCUT2D eigenvalue weighted by Crippen LogP contribution is 2.16. The first kappa shape index (κ1) is 19.1. The van der Waals surface area contributed by atoms with Gasteiger partial charge in [0.05, 0.1) is 18.8 Å². The number of carbonyl (C=O) groups is 1. The van der Waals surface area contributed by atoms with Crippen LogP contribution in [0.2, 0.25) is 0 Å². The van der Waals surface area contributed by atoms with E-state index in [1.165, 1.54) is 19.3 Å². The standard InChI is InChI=1S/C21H28N4O2/c1-2-3-15-27-19-9-7-17(8-10-19)20(26)23-16-18-11-12-22-21(24-18)25-13-5-4-6-14-25/h7-12H,2-6,13-16H2,1H3,(H,23,26). The SMILES string of the molecule is CCCCOc1ccc(C(=O)NCc2ccnc(N3CCCCC3)n2)cc1. The van der Waals surface area contributed by atoms with Gasteiger partial charge in [0.2, 0.25) is 5.95 Å². The Labute approximate surface area is 161 Å². The van der Waals surface area contributed by atoms with E-state index in [-0.39, 0.29) is 5.91 Å². The number of anilines is 1. The Morgan fingerprint density at radius 1 is 1.15 bits per heavy atom. The molecule has 0 bridgehead atoms. The maximum atomic E-state index is 12.4. The first-order valence-corrected chi connectivity index (χ1v) is 9.84. The molecule has 1 N–H and O–H groups in total. The zero-order chi connectivity index (χ0) is 18.9. The number of hydrogen-bond donors (Lipinski definition) is 1. The summed E-state index contributed by atoms with van der Waals surface area (Å²) >= 11 is 0. The Kier molecular flexibility index (Phi) is 7.02. The first-order chi connectivity index (χ1) is 13.3. The van der Waals surface area contributed by atoms with Crippen LogP contribution < -0.4 is 15.0 Å². The maximum Gasteiger partial charge on any atom is 0.251 e. The third-order valence-corrected chi connectivity index (χ3v) is 4.65. The zero-order valence-electron chi connectivity index (χ0n) is 16.0. The summed E-state index contributed by atoms with van der Waals surface area (Å²) in [6.07, 6.45) is 7.53. The predicted molar refractivity (Wildman–Crippen MR) is 106 cm³/mol. The number of nitrogens with one attached hydrogen (secondary N) is 1. The largest absolute Gasteiger partial charge is 0.494 e. The second-order valence-corrected chi connectivity index (χ2v) is 6.80. The van der Waals surface area contributed by atoms with Crippen molar-refractivity contribution in [3.05, 3.63) is 47.8 Å². The van der Waals surface area contributed by atoms with Crippen LogP contribution in [0.1, 0.15) is 55.1 Å². The Hall–Kier alpha value is -2.63. The fraction of sp³-hybridized carbons (Fsp3) is 0.476. The van der Waals surface area contributed by atoms with Gasteiger partial charge in [0, 0.05) is 24.8 Å². The highest BCUT2D eigenvalue weighted by atomic mass is 16.5. The summed E-state index contributed by atoms with van der Waals surface area (Å²) in [5.41, 5.74) is 1.43. The van der Waals surface area contributed by atoms with Crippen LogP contribution in [0, 0.1) is 0 Å². The molecule has 0 aliphatic carbocycles. The number of hydrogen-bond acceptors (Lipinski definition) is 5. The van der Waals surface area contributed by atoms with E-state index in [1.807, 2.05) is 18.2 Å². The number of unbranched alkanes of at least 4 members (excludes halogenated alkanes) is 1. The number of benzene rings is 1. The molecule has 1 aromatic carbocycles. The molecule has 1 fully saturated rings. The fourth-order valence-electron chi connectivity index (χ4n) is 3.04. The van der Waals surface area contributed by atoms with Gasteiger partial charge >= 0.3 is 0 Å². The van der Waals surface area contributed by atoms with Crippen LogP contribution in [0.15, 0.2) is 36.5 Å². The van der Waals surface area contributed by atoms with Crippen molar-refractivity contribution in [3.63, 3.8) is 0 Å². The van der Waals surface area contributed by atoms with Crippen LogP contribution in [-0.2, 0) is 6.54 Å². The van der Waals surface area contributed by atoms with Crippen LogP contribution in [0.25, 0.3) is 0 Å². The lowest BCUT2D eigenvalue weighted by Gasteiger charge is -2.26. The van der Waals surface area contributed by atoms with Gasteiger partial charge in [-0.15, -0.1) is 0 Å². The molecule has 0 unspecified atom stereocenters. The molecule has 27 heavy (non-hydrogen) atoms. The summed E-state index contributed by atoms with van der Waals surface area (Å²) in [4.78, 5) is 23.6. The molecule has 6 nitrogen and oxygen atoms in total. The van der Waals surface area contributed by atoms with E-state index < -0.39 is 0 Å². The fourth-order valence-corrected chi connectivity index (χ4v) is 3.04. The van der Waals surface area contributed by atoms with Crippen molar-refractivity contribution in [1.82, 2.24) is 15.3 Å². The monoisotopic (exact) mass is 368 g/mol. The van der Waals surface area contributed by atoms with Crippen LogP contribution in [-0.4, -0.2) is 35.6 Å². The third-order valence-electron chi connectivity index (χ3n) is 4.65. The van der Waals surface area contributed by atoms with Crippen molar-refractivity contribution in [2.45, 2.75) is 45.6 Å². The minimum atomic E-state index is -0.117. The Morgan fingerprint density at radius 2 is 1.93 bits per heavy atom. The van der Waals surface area contributed by atoms with Gasteiger partial charge in [-0.2, -0.15) is 0 Å². The minimum absolute atomic E-state index is 0.117. The van der Waals surface area contributed by atoms with Crippen LogP contribution >= 0.6 is 0 Å². The molecule has 1 saturated heterocycles. The molecule has 6 heteroatoms. The van der Waals surface area contributed by atoms with Crippen molar-refractivity contribution in [3.8, 4) is 5.75 Å². The van der Waals surface area contributed by atoms with E-state index in [4.69, 9.17) is 4.74 Å².